The molecule has 1 N–H and O–H groups in total. The molecule has 1 saturated heterocycles. The average molecular weight is 606 g/mol. The van der Waals surface area contributed by atoms with Crippen molar-refractivity contribution in [1.29, 1.82) is 0 Å². The van der Waals surface area contributed by atoms with Gasteiger partial charge in [0, 0.05) is 25.2 Å². The van der Waals surface area contributed by atoms with Gasteiger partial charge in [0.15, 0.2) is 0 Å². The minimum absolute atomic E-state index is 0.0341. The number of methoxy groups -OCH3 is 1. The molecule has 1 unspecified atom stereocenters. The highest BCUT2D eigenvalue weighted by Crippen LogP contribution is 2.31. The zero-order chi connectivity index (χ0) is 30.7. The van der Waals surface area contributed by atoms with E-state index in [9.17, 15) is 27.6 Å². The Morgan fingerprint density at radius 3 is 2.30 bits per heavy atom. The minimum atomic E-state index is -3.93. The zero-order valence-electron chi connectivity index (χ0n) is 23.7. The summed E-state index contributed by atoms with van der Waals surface area (Å²) in [6, 6.07) is 17.7. The van der Waals surface area contributed by atoms with Crippen molar-refractivity contribution >= 4 is 39.4 Å². The molecular formula is C31H31N3O8S. The van der Waals surface area contributed by atoms with Crippen molar-refractivity contribution in [2.45, 2.75) is 43.7 Å². The molecule has 5 rings (SSSR count). The van der Waals surface area contributed by atoms with E-state index in [1.807, 2.05) is 36.1 Å². The third-order valence-electron chi connectivity index (χ3n) is 7.44. The minimum Gasteiger partial charge on any atom is -0.497 e. The van der Waals surface area contributed by atoms with Crippen LogP contribution in [0.5, 0.6) is 5.75 Å². The summed E-state index contributed by atoms with van der Waals surface area (Å²) in [6.07, 6.45) is 0.443. The van der Waals surface area contributed by atoms with Crippen LogP contribution in [0.25, 0.3) is 0 Å². The third-order valence-corrected chi connectivity index (χ3v) is 8.77. The van der Waals surface area contributed by atoms with Crippen LogP contribution in [0.3, 0.4) is 0 Å². The first-order valence-electron chi connectivity index (χ1n) is 13.8. The molecule has 43 heavy (non-hydrogen) atoms. The van der Waals surface area contributed by atoms with Gasteiger partial charge >= 0.3 is 0 Å². The van der Waals surface area contributed by atoms with Crippen molar-refractivity contribution in [3.8, 4) is 5.75 Å². The first-order valence-corrected chi connectivity index (χ1v) is 15.2. The Bertz CT molecular complexity index is 1670. The second-order valence-electron chi connectivity index (χ2n) is 10.4. The molecule has 4 amide bonds. The summed E-state index contributed by atoms with van der Waals surface area (Å²) in [6.45, 7) is 2.57. The van der Waals surface area contributed by atoms with E-state index >= 15 is 0 Å². The van der Waals surface area contributed by atoms with Crippen LogP contribution in [0.15, 0.2) is 71.6 Å². The molecule has 2 aliphatic heterocycles. The molecule has 2 heterocycles. The fourth-order valence-electron chi connectivity index (χ4n) is 5.10. The molecule has 0 radical (unpaired) electrons. The summed E-state index contributed by atoms with van der Waals surface area (Å²) in [7, 11) is -2.35. The molecule has 3 aromatic rings. The van der Waals surface area contributed by atoms with Gasteiger partial charge in [-0.2, -0.15) is 8.42 Å². The molecule has 3 aromatic carbocycles. The van der Waals surface area contributed by atoms with E-state index in [1.165, 1.54) is 12.1 Å². The lowest BCUT2D eigenvalue weighted by Gasteiger charge is -2.27. The lowest BCUT2D eigenvalue weighted by molar-refractivity contribution is -0.136. The predicted octanol–water partition coefficient (Wildman–Crippen LogP) is 3.21. The molecule has 0 saturated carbocycles. The monoisotopic (exact) mass is 605 g/mol. The van der Waals surface area contributed by atoms with Crippen LogP contribution in [0.2, 0.25) is 0 Å². The van der Waals surface area contributed by atoms with Crippen LogP contribution in [-0.2, 0) is 30.4 Å². The summed E-state index contributed by atoms with van der Waals surface area (Å²) < 4.78 is 35.8. The van der Waals surface area contributed by atoms with Crippen molar-refractivity contribution in [3.63, 3.8) is 0 Å². The molecule has 0 bridgehead atoms. The maximum absolute atomic E-state index is 13.4. The van der Waals surface area contributed by atoms with Gasteiger partial charge in [-0.3, -0.25) is 33.6 Å². The number of anilines is 1. The van der Waals surface area contributed by atoms with Crippen LogP contribution in [-0.4, -0.2) is 63.2 Å². The fourth-order valence-corrected chi connectivity index (χ4v) is 6.05. The quantitative estimate of drug-likeness (QED) is 0.198. The number of hydrogen-bond donors (Lipinski definition) is 1. The number of carbonyl (C=O) groups is 4. The molecule has 0 spiro atoms. The summed E-state index contributed by atoms with van der Waals surface area (Å²) in [5.74, 6) is -1.61. The lowest BCUT2D eigenvalue weighted by atomic mass is 10.0. The van der Waals surface area contributed by atoms with E-state index in [0.29, 0.717) is 30.9 Å². The number of nitrogens with zero attached hydrogens (tertiary/aromatic N) is 2. The Balaban J connectivity index is 1.35. The largest absolute Gasteiger partial charge is 0.497 e. The average Bonchev–Trinajstić information content (AvgIpc) is 3.24. The van der Waals surface area contributed by atoms with Gasteiger partial charge in [-0.15, -0.1) is 0 Å². The van der Waals surface area contributed by atoms with E-state index < -0.39 is 39.8 Å². The van der Waals surface area contributed by atoms with Crippen molar-refractivity contribution in [2.24, 2.45) is 0 Å². The second kappa shape index (κ2) is 12.4. The van der Waals surface area contributed by atoms with Crippen LogP contribution in [0.4, 0.5) is 5.69 Å². The van der Waals surface area contributed by atoms with Gasteiger partial charge in [-0.05, 0) is 67.8 Å². The first kappa shape index (κ1) is 29.9. The standard InChI is InChI=1S/C31H31N3O8S/c1-20-4-11-24(12-5-20)43(39,40)42-17-3-16-33(19-21-6-9-23(41-2)10-7-21)22-8-13-25-26(18-22)31(38)34(30(25)37)27-14-15-28(35)32-29(27)36/h4-13,18,27H,3,14-17,19H2,1-2H3,(H,32,35,36). The fraction of sp³-hybridized carbons (Fsp3) is 0.290. The number of nitrogens with one attached hydrogen (secondary N) is 1. The van der Waals surface area contributed by atoms with Gasteiger partial charge in [0.1, 0.15) is 11.8 Å². The van der Waals surface area contributed by atoms with Crippen molar-refractivity contribution in [1.82, 2.24) is 10.2 Å². The number of piperidine rings is 1. The Kier molecular flexibility index (Phi) is 8.60. The van der Waals surface area contributed by atoms with Crippen LogP contribution in [0, 0.1) is 6.92 Å². The van der Waals surface area contributed by atoms with Gasteiger partial charge in [0.05, 0.1) is 29.7 Å². The molecule has 11 nitrogen and oxygen atoms in total. The molecule has 2 aliphatic rings. The summed E-state index contributed by atoms with van der Waals surface area (Å²) >= 11 is 0. The van der Waals surface area contributed by atoms with Gasteiger partial charge < -0.3 is 9.64 Å². The smallest absolute Gasteiger partial charge is 0.296 e. The topological polar surface area (TPSA) is 139 Å². The van der Waals surface area contributed by atoms with Gasteiger partial charge in [0.25, 0.3) is 21.9 Å². The summed E-state index contributed by atoms with van der Waals surface area (Å²) in [4.78, 5) is 53.5. The molecule has 12 heteroatoms. The number of rotatable bonds is 11. The highest BCUT2D eigenvalue weighted by molar-refractivity contribution is 7.86. The number of benzene rings is 3. The number of imide groups is 2. The molecule has 1 atom stereocenters. The van der Waals surface area contributed by atoms with Gasteiger partial charge in [0.2, 0.25) is 11.8 Å². The van der Waals surface area contributed by atoms with Crippen molar-refractivity contribution < 1.29 is 36.5 Å². The molecule has 0 aliphatic carbocycles. The summed E-state index contributed by atoms with van der Waals surface area (Å²) in [5.41, 5.74) is 2.83. The highest BCUT2D eigenvalue weighted by atomic mass is 32.2. The number of carbonyl (C=O) groups excluding carboxylic acids is 4. The Hall–Kier alpha value is -4.55. The Labute approximate surface area is 249 Å². The molecule has 224 valence electrons. The molecule has 1 fully saturated rings. The van der Waals surface area contributed by atoms with Crippen LogP contribution >= 0.6 is 0 Å². The van der Waals surface area contributed by atoms with Crippen molar-refractivity contribution in [2.75, 3.05) is 25.2 Å². The van der Waals surface area contributed by atoms with E-state index in [2.05, 4.69) is 5.32 Å². The van der Waals surface area contributed by atoms with E-state index in [4.69, 9.17) is 8.92 Å². The maximum Gasteiger partial charge on any atom is 0.296 e. The Morgan fingerprint density at radius 2 is 1.63 bits per heavy atom. The Morgan fingerprint density at radius 1 is 0.930 bits per heavy atom. The highest BCUT2D eigenvalue weighted by Gasteiger charge is 2.44. The van der Waals surface area contributed by atoms with Crippen LogP contribution in [0.1, 0.15) is 51.1 Å². The van der Waals surface area contributed by atoms with E-state index in [0.717, 1.165) is 16.0 Å². The number of hydrogen-bond acceptors (Lipinski definition) is 9. The summed E-state index contributed by atoms with van der Waals surface area (Å²) in [5, 5.41) is 2.20. The van der Waals surface area contributed by atoms with Crippen molar-refractivity contribution in [3.05, 3.63) is 89.0 Å². The second-order valence-corrected chi connectivity index (χ2v) is 12.0. The predicted molar refractivity (Wildman–Crippen MR) is 156 cm³/mol. The number of amides is 4. The number of ether oxygens (including phenoxy) is 1. The molecule has 0 aromatic heterocycles. The third kappa shape index (κ3) is 6.45. The van der Waals surface area contributed by atoms with Gasteiger partial charge in [-0.25, -0.2) is 0 Å². The van der Waals surface area contributed by atoms with Crippen LogP contribution < -0.4 is 15.0 Å². The maximum atomic E-state index is 13.4. The van der Waals surface area contributed by atoms with E-state index in [-0.39, 0.29) is 35.5 Å². The lowest BCUT2D eigenvalue weighted by Crippen LogP contribution is -2.54. The normalized spacial score (nSPS) is 16.7. The number of fused-ring (bicyclic) bond motifs is 1. The van der Waals surface area contributed by atoms with E-state index in [1.54, 1.807) is 37.4 Å². The SMILES string of the molecule is COc1ccc(CN(CCCOS(=O)(=O)c2ccc(C)cc2)c2ccc3c(c2)C(=O)N(C2CCC(=O)NC2=O)C3=O)cc1. The van der Waals surface area contributed by atoms with Gasteiger partial charge in [-0.1, -0.05) is 29.8 Å². The number of aryl methyl sites for hydroxylation is 1. The molecular weight excluding hydrogens is 574 g/mol. The first-order chi connectivity index (χ1) is 20.6. The zero-order valence-corrected chi connectivity index (χ0v) is 24.6.